The van der Waals surface area contributed by atoms with Crippen LogP contribution in [-0.4, -0.2) is 9.78 Å². The van der Waals surface area contributed by atoms with Crippen LogP contribution in [0, 0.1) is 11.6 Å². The summed E-state index contributed by atoms with van der Waals surface area (Å²) in [7, 11) is 1.75. The van der Waals surface area contributed by atoms with Crippen LogP contribution in [0.4, 0.5) is 8.78 Å². The van der Waals surface area contributed by atoms with Crippen LogP contribution in [0.25, 0.3) is 0 Å². The molecule has 0 bridgehead atoms. The highest BCUT2D eigenvalue weighted by molar-refractivity contribution is 5.29. The minimum absolute atomic E-state index is 0.394. The predicted octanol–water partition coefficient (Wildman–Crippen LogP) is 1.75. The Hall–Kier alpha value is -1.75. The third-order valence-corrected chi connectivity index (χ3v) is 2.33. The molecule has 2 N–H and O–H groups in total. The number of hydrogen-bond acceptors (Lipinski definition) is 2. The van der Waals surface area contributed by atoms with Crippen LogP contribution >= 0.6 is 0 Å². The van der Waals surface area contributed by atoms with E-state index in [1.54, 1.807) is 24.1 Å². The average molecular weight is 223 g/mol. The Morgan fingerprint density at radius 1 is 1.19 bits per heavy atom. The molecule has 0 saturated heterocycles. The van der Waals surface area contributed by atoms with Crippen LogP contribution in [0.1, 0.15) is 17.2 Å². The Morgan fingerprint density at radius 3 is 2.31 bits per heavy atom. The van der Waals surface area contributed by atoms with Gasteiger partial charge in [0.25, 0.3) is 0 Å². The lowest BCUT2D eigenvalue weighted by atomic mass is 10.0. The highest BCUT2D eigenvalue weighted by Crippen LogP contribution is 2.20. The fourth-order valence-corrected chi connectivity index (χ4v) is 1.55. The summed E-state index contributed by atoms with van der Waals surface area (Å²) in [5.41, 5.74) is 6.99. The number of aryl methyl sites for hydroxylation is 1. The van der Waals surface area contributed by atoms with Gasteiger partial charge in [-0.15, -0.1) is 0 Å². The van der Waals surface area contributed by atoms with E-state index >= 15 is 0 Å². The number of benzene rings is 1. The molecule has 0 aliphatic rings. The van der Waals surface area contributed by atoms with Gasteiger partial charge in [0.2, 0.25) is 0 Å². The first-order valence-electron chi connectivity index (χ1n) is 4.76. The molecule has 2 rings (SSSR count). The van der Waals surface area contributed by atoms with Crippen LogP contribution in [0.5, 0.6) is 0 Å². The molecule has 0 radical (unpaired) electrons. The third-order valence-electron chi connectivity index (χ3n) is 2.33. The number of halogens is 2. The largest absolute Gasteiger partial charge is 0.320 e. The van der Waals surface area contributed by atoms with Crippen LogP contribution in [0.3, 0.4) is 0 Å². The van der Waals surface area contributed by atoms with Crippen molar-refractivity contribution in [3.63, 3.8) is 0 Å². The fraction of sp³-hybridized carbons (Fsp3) is 0.182. The van der Waals surface area contributed by atoms with Crippen molar-refractivity contribution in [2.75, 3.05) is 0 Å². The molecule has 1 atom stereocenters. The molecule has 1 heterocycles. The lowest BCUT2D eigenvalue weighted by Crippen LogP contribution is -2.11. The molecular weight excluding hydrogens is 212 g/mol. The summed E-state index contributed by atoms with van der Waals surface area (Å²) in [5, 5.41) is 3.96. The van der Waals surface area contributed by atoms with E-state index in [0.29, 0.717) is 11.1 Å². The van der Waals surface area contributed by atoms with E-state index in [2.05, 4.69) is 5.10 Å². The van der Waals surface area contributed by atoms with Gasteiger partial charge in [-0.05, 0) is 17.7 Å². The Bertz CT molecular complexity index is 487. The maximum atomic E-state index is 13.0. The van der Waals surface area contributed by atoms with Crippen molar-refractivity contribution < 1.29 is 8.78 Å². The van der Waals surface area contributed by atoms with Crippen LogP contribution in [0.2, 0.25) is 0 Å². The van der Waals surface area contributed by atoms with Gasteiger partial charge in [0.05, 0.1) is 12.2 Å². The molecule has 16 heavy (non-hydrogen) atoms. The van der Waals surface area contributed by atoms with E-state index in [1.807, 2.05) is 0 Å². The van der Waals surface area contributed by atoms with Gasteiger partial charge in [0, 0.05) is 24.9 Å². The summed E-state index contributed by atoms with van der Waals surface area (Å²) in [6.07, 6.45) is 3.29. The van der Waals surface area contributed by atoms with Crippen LogP contribution < -0.4 is 5.73 Å². The molecule has 5 heteroatoms. The molecule has 0 saturated carbocycles. The van der Waals surface area contributed by atoms with Gasteiger partial charge in [0.1, 0.15) is 11.6 Å². The summed E-state index contributed by atoms with van der Waals surface area (Å²) >= 11 is 0. The number of rotatable bonds is 2. The number of nitrogens with two attached hydrogens (primary N) is 1. The van der Waals surface area contributed by atoms with E-state index in [-0.39, 0.29) is 0 Å². The normalized spacial score (nSPS) is 12.8. The average Bonchev–Trinajstić information content (AvgIpc) is 2.62. The zero-order valence-corrected chi connectivity index (χ0v) is 8.69. The van der Waals surface area contributed by atoms with Crippen LogP contribution in [0.15, 0.2) is 30.6 Å². The van der Waals surface area contributed by atoms with E-state index < -0.39 is 17.7 Å². The molecule has 1 unspecified atom stereocenters. The van der Waals surface area contributed by atoms with Crippen molar-refractivity contribution in [3.8, 4) is 0 Å². The van der Waals surface area contributed by atoms with Gasteiger partial charge in [-0.1, -0.05) is 0 Å². The molecule has 1 aromatic carbocycles. The van der Waals surface area contributed by atoms with Crippen molar-refractivity contribution in [2.24, 2.45) is 12.8 Å². The SMILES string of the molecule is Cn1cc(C(N)c2cc(F)cc(F)c2)cn1. The van der Waals surface area contributed by atoms with Crippen molar-refractivity contribution in [1.29, 1.82) is 0 Å². The summed E-state index contributed by atoms with van der Waals surface area (Å²) in [4.78, 5) is 0. The molecule has 0 fully saturated rings. The smallest absolute Gasteiger partial charge is 0.126 e. The Kier molecular flexibility index (Phi) is 2.70. The van der Waals surface area contributed by atoms with Gasteiger partial charge in [-0.3, -0.25) is 4.68 Å². The highest BCUT2D eigenvalue weighted by atomic mass is 19.1. The molecule has 0 aliphatic carbocycles. The summed E-state index contributed by atoms with van der Waals surface area (Å²) in [6.45, 7) is 0. The van der Waals surface area contributed by atoms with Gasteiger partial charge in [-0.25, -0.2) is 8.78 Å². The standard InChI is InChI=1S/C11H11F2N3/c1-16-6-8(5-15-16)11(14)7-2-9(12)4-10(13)3-7/h2-6,11H,14H2,1H3. The highest BCUT2D eigenvalue weighted by Gasteiger charge is 2.12. The first-order valence-corrected chi connectivity index (χ1v) is 4.76. The molecule has 0 spiro atoms. The van der Waals surface area contributed by atoms with E-state index in [1.165, 1.54) is 12.1 Å². The summed E-state index contributed by atoms with van der Waals surface area (Å²) in [5.74, 6) is -1.26. The van der Waals surface area contributed by atoms with Gasteiger partial charge in [0.15, 0.2) is 0 Å². The molecular formula is C11H11F2N3. The number of nitrogens with zero attached hydrogens (tertiary/aromatic N) is 2. The predicted molar refractivity (Wildman–Crippen MR) is 55.6 cm³/mol. The second kappa shape index (κ2) is 4.02. The zero-order valence-electron chi connectivity index (χ0n) is 8.69. The first-order chi connectivity index (χ1) is 7.56. The zero-order chi connectivity index (χ0) is 11.7. The van der Waals surface area contributed by atoms with E-state index in [9.17, 15) is 8.78 Å². The molecule has 0 aliphatic heterocycles. The van der Waals surface area contributed by atoms with Crippen molar-refractivity contribution >= 4 is 0 Å². The van der Waals surface area contributed by atoms with Crippen LogP contribution in [-0.2, 0) is 7.05 Å². The monoisotopic (exact) mass is 223 g/mol. The summed E-state index contributed by atoms with van der Waals surface area (Å²) in [6, 6.07) is 2.69. The van der Waals surface area contributed by atoms with Crippen molar-refractivity contribution in [3.05, 3.63) is 53.4 Å². The topological polar surface area (TPSA) is 43.8 Å². The number of hydrogen-bond donors (Lipinski definition) is 1. The fourth-order valence-electron chi connectivity index (χ4n) is 1.55. The Morgan fingerprint density at radius 2 is 1.81 bits per heavy atom. The molecule has 3 nitrogen and oxygen atoms in total. The van der Waals surface area contributed by atoms with Gasteiger partial charge in [-0.2, -0.15) is 5.10 Å². The Balaban J connectivity index is 2.37. The van der Waals surface area contributed by atoms with E-state index in [4.69, 9.17) is 5.73 Å². The maximum Gasteiger partial charge on any atom is 0.126 e. The molecule has 2 aromatic rings. The number of aromatic nitrogens is 2. The Labute approximate surface area is 91.5 Å². The van der Waals surface area contributed by atoms with Crippen molar-refractivity contribution in [1.82, 2.24) is 9.78 Å². The minimum atomic E-state index is -0.630. The minimum Gasteiger partial charge on any atom is -0.320 e. The van der Waals surface area contributed by atoms with Crippen molar-refractivity contribution in [2.45, 2.75) is 6.04 Å². The molecule has 1 aromatic heterocycles. The lowest BCUT2D eigenvalue weighted by molar-refractivity contribution is 0.577. The lowest BCUT2D eigenvalue weighted by Gasteiger charge is -2.09. The molecule has 0 amide bonds. The maximum absolute atomic E-state index is 13.0. The third kappa shape index (κ3) is 2.09. The second-order valence-electron chi connectivity index (χ2n) is 3.63. The van der Waals surface area contributed by atoms with E-state index in [0.717, 1.165) is 6.07 Å². The first kappa shape index (κ1) is 10.8. The quantitative estimate of drug-likeness (QED) is 0.842. The molecule has 84 valence electrons. The van der Waals surface area contributed by atoms with Gasteiger partial charge < -0.3 is 5.73 Å². The second-order valence-corrected chi connectivity index (χ2v) is 3.63. The van der Waals surface area contributed by atoms with Gasteiger partial charge >= 0.3 is 0 Å². The summed E-state index contributed by atoms with van der Waals surface area (Å²) < 4.78 is 27.6.